The Bertz CT molecular complexity index is 577. The molecular weight excluding hydrogens is 348 g/mol. The van der Waals surface area contributed by atoms with Crippen LogP contribution in [0.2, 0.25) is 0 Å². The molecule has 3 unspecified atom stereocenters. The topological polar surface area (TPSA) is 148 Å². The van der Waals surface area contributed by atoms with Crippen molar-refractivity contribution in [2.45, 2.75) is 46.7 Å². The third-order valence-corrected chi connectivity index (χ3v) is 5.39. The van der Waals surface area contributed by atoms with Crippen LogP contribution < -0.4 is 11.5 Å². The lowest BCUT2D eigenvalue weighted by Gasteiger charge is -2.45. The van der Waals surface area contributed by atoms with E-state index in [9.17, 15) is 20.1 Å². The molecule has 1 fully saturated rings. The number of hydrogen-bond donors (Lipinski definition) is 5. The highest BCUT2D eigenvalue weighted by molar-refractivity contribution is 8.01. The number of aliphatic hydroxyl groups excluding tert-OH is 3. The Labute approximate surface area is 150 Å². The predicted molar refractivity (Wildman–Crippen MR) is 91.6 cm³/mol. The minimum Gasteiger partial charge on any atom is -0.466 e. The van der Waals surface area contributed by atoms with Crippen molar-refractivity contribution in [2.24, 2.45) is 11.5 Å². The van der Waals surface area contributed by atoms with Gasteiger partial charge in [-0.25, -0.2) is 4.79 Å². The molecule has 9 heteroatoms. The lowest BCUT2D eigenvalue weighted by atomic mass is 9.90. The first kappa shape index (κ1) is 20.1. The number of thioether (sulfide) groups is 1. The number of hydrogen-bond acceptors (Lipinski definition) is 9. The largest absolute Gasteiger partial charge is 0.466 e. The van der Waals surface area contributed by atoms with Crippen LogP contribution in [0.5, 0.6) is 0 Å². The molecule has 7 N–H and O–H groups in total. The second-order valence-corrected chi connectivity index (χ2v) is 7.22. The second-order valence-electron chi connectivity index (χ2n) is 5.88. The smallest absolute Gasteiger partial charge is 0.349 e. The van der Waals surface area contributed by atoms with Gasteiger partial charge in [0.05, 0.1) is 25.4 Å². The van der Waals surface area contributed by atoms with Gasteiger partial charge >= 0.3 is 5.97 Å². The summed E-state index contributed by atoms with van der Waals surface area (Å²) in [6.45, 7) is -0.221. The van der Waals surface area contributed by atoms with Crippen molar-refractivity contribution >= 4 is 17.7 Å². The van der Waals surface area contributed by atoms with Gasteiger partial charge in [-0.2, -0.15) is 0 Å². The molecule has 1 aliphatic heterocycles. The quantitative estimate of drug-likeness (QED) is 0.388. The van der Waals surface area contributed by atoms with Gasteiger partial charge in [0, 0.05) is 17.9 Å². The van der Waals surface area contributed by atoms with Crippen LogP contribution in [0.1, 0.15) is 6.42 Å². The van der Waals surface area contributed by atoms with Crippen molar-refractivity contribution in [3.8, 4) is 0 Å². The zero-order valence-corrected chi connectivity index (χ0v) is 14.6. The normalized spacial score (nSPS) is 32.0. The van der Waals surface area contributed by atoms with E-state index >= 15 is 0 Å². The molecule has 0 aromatic heterocycles. The summed E-state index contributed by atoms with van der Waals surface area (Å²) in [6, 6.07) is 7.97. The zero-order valence-electron chi connectivity index (χ0n) is 13.8. The molecule has 0 bridgehead atoms. The highest BCUT2D eigenvalue weighted by Crippen LogP contribution is 2.44. The maximum Gasteiger partial charge on any atom is 0.349 e. The molecular formula is C16H24N2O6S. The van der Waals surface area contributed by atoms with E-state index in [-0.39, 0.29) is 13.0 Å². The molecule has 1 aromatic rings. The van der Waals surface area contributed by atoms with Crippen molar-refractivity contribution < 1.29 is 29.6 Å². The monoisotopic (exact) mass is 372 g/mol. The van der Waals surface area contributed by atoms with E-state index in [0.717, 1.165) is 11.8 Å². The molecule has 8 nitrogen and oxygen atoms in total. The second kappa shape index (κ2) is 8.45. The molecule has 1 heterocycles. The summed E-state index contributed by atoms with van der Waals surface area (Å²) < 4.78 is 10.7. The molecule has 0 radical (unpaired) electrons. The van der Waals surface area contributed by atoms with Gasteiger partial charge in [-0.15, -0.1) is 0 Å². The first-order chi connectivity index (χ1) is 11.8. The van der Waals surface area contributed by atoms with Crippen LogP contribution in [0.3, 0.4) is 0 Å². The van der Waals surface area contributed by atoms with Crippen molar-refractivity contribution in [2.75, 3.05) is 13.7 Å². The number of ether oxygens (including phenoxy) is 2. The molecule has 1 aromatic carbocycles. The first-order valence-corrected chi connectivity index (χ1v) is 8.66. The molecule has 2 rings (SSSR count). The van der Waals surface area contributed by atoms with Crippen LogP contribution in [0.15, 0.2) is 35.2 Å². The molecule has 0 spiro atoms. The van der Waals surface area contributed by atoms with Gasteiger partial charge in [-0.1, -0.05) is 30.0 Å². The fourth-order valence-corrected chi connectivity index (χ4v) is 3.96. The number of methoxy groups -OCH3 is 1. The van der Waals surface area contributed by atoms with Crippen LogP contribution in [-0.2, 0) is 14.3 Å². The number of benzene rings is 1. The van der Waals surface area contributed by atoms with Crippen LogP contribution in [-0.4, -0.2) is 70.3 Å². The number of nitrogens with two attached hydrogens (primary N) is 2. The first-order valence-electron chi connectivity index (χ1n) is 7.84. The molecule has 140 valence electrons. The Morgan fingerprint density at radius 3 is 2.64 bits per heavy atom. The molecule has 25 heavy (non-hydrogen) atoms. The summed E-state index contributed by atoms with van der Waals surface area (Å²) in [6.07, 6.45) is -5.23. The summed E-state index contributed by atoms with van der Waals surface area (Å²) in [5.41, 5.74) is 11.3. The Hall–Kier alpha value is -1.20. The average molecular weight is 372 g/mol. The molecule has 6 atom stereocenters. The van der Waals surface area contributed by atoms with Gasteiger partial charge in [0.25, 0.3) is 0 Å². The van der Waals surface area contributed by atoms with Crippen molar-refractivity contribution in [3.05, 3.63) is 30.3 Å². The standard InChI is InChI=1S/C16H24N2O6S/c1-23-15(22)16(25-9-5-3-2-4-6-9)7-10(19)12(18)14(24-16)13(21)11(20)8-17/h2-6,10-14,19-21H,7-8,17-18H2,1H3/t10?,11-,12?,13-,14?,16+/m1/s1. The minimum atomic E-state index is -1.61. The Morgan fingerprint density at radius 1 is 1.44 bits per heavy atom. The number of carbonyl (C=O) groups is 1. The van der Waals surface area contributed by atoms with Gasteiger partial charge < -0.3 is 36.3 Å². The lowest BCUT2D eigenvalue weighted by Crippen LogP contribution is -2.65. The third kappa shape index (κ3) is 4.32. The minimum absolute atomic E-state index is 0.123. The van der Waals surface area contributed by atoms with Crippen molar-refractivity contribution in [3.63, 3.8) is 0 Å². The summed E-state index contributed by atoms with van der Waals surface area (Å²) in [5.74, 6) is -0.716. The molecule has 1 saturated heterocycles. The van der Waals surface area contributed by atoms with E-state index in [1.807, 2.05) is 6.07 Å². The van der Waals surface area contributed by atoms with E-state index in [1.54, 1.807) is 24.3 Å². The summed E-state index contributed by atoms with van der Waals surface area (Å²) in [4.78, 5) is 11.6. The number of aliphatic hydroxyl groups is 3. The van der Waals surface area contributed by atoms with Crippen LogP contribution >= 0.6 is 11.8 Å². The van der Waals surface area contributed by atoms with Crippen LogP contribution in [0.4, 0.5) is 0 Å². The number of carbonyl (C=O) groups excluding carboxylic acids is 1. The fraction of sp³-hybridized carbons (Fsp3) is 0.562. The Morgan fingerprint density at radius 2 is 2.08 bits per heavy atom. The highest BCUT2D eigenvalue weighted by Gasteiger charge is 2.54. The maximum atomic E-state index is 12.5. The lowest BCUT2D eigenvalue weighted by molar-refractivity contribution is -0.200. The van der Waals surface area contributed by atoms with Crippen molar-refractivity contribution in [1.29, 1.82) is 0 Å². The predicted octanol–water partition coefficient (Wildman–Crippen LogP) is -1.19. The SMILES string of the molecule is COC(=O)[C@@]1(Sc2ccccc2)CC(O)C(N)C([C@H](O)[C@H](O)CN)O1. The summed E-state index contributed by atoms with van der Waals surface area (Å²) in [5, 5.41) is 30.5. The molecule has 1 aliphatic rings. The van der Waals surface area contributed by atoms with Gasteiger partial charge in [-0.05, 0) is 12.1 Å². The fourth-order valence-electron chi connectivity index (χ4n) is 2.71. The number of rotatable bonds is 6. The van der Waals surface area contributed by atoms with Gasteiger partial charge in [-0.3, -0.25) is 0 Å². The molecule has 0 amide bonds. The van der Waals surface area contributed by atoms with Crippen LogP contribution in [0.25, 0.3) is 0 Å². The van der Waals surface area contributed by atoms with E-state index in [4.69, 9.17) is 20.9 Å². The summed E-state index contributed by atoms with van der Waals surface area (Å²) in [7, 11) is 1.21. The van der Waals surface area contributed by atoms with E-state index in [1.165, 1.54) is 7.11 Å². The summed E-state index contributed by atoms with van der Waals surface area (Å²) >= 11 is 1.05. The van der Waals surface area contributed by atoms with Gasteiger partial charge in [0.2, 0.25) is 4.93 Å². The number of esters is 1. The molecule has 0 aliphatic carbocycles. The van der Waals surface area contributed by atoms with Crippen LogP contribution in [0, 0.1) is 0 Å². The highest BCUT2D eigenvalue weighted by atomic mass is 32.2. The Kier molecular flexibility index (Phi) is 6.80. The van der Waals surface area contributed by atoms with Gasteiger partial charge in [0.15, 0.2) is 0 Å². The van der Waals surface area contributed by atoms with E-state index < -0.39 is 41.4 Å². The van der Waals surface area contributed by atoms with E-state index in [2.05, 4.69) is 0 Å². The third-order valence-electron chi connectivity index (χ3n) is 4.12. The molecule has 0 saturated carbocycles. The Balaban J connectivity index is 2.36. The van der Waals surface area contributed by atoms with E-state index in [0.29, 0.717) is 4.90 Å². The average Bonchev–Trinajstić information content (AvgIpc) is 2.63. The maximum absolute atomic E-state index is 12.5. The van der Waals surface area contributed by atoms with Crippen molar-refractivity contribution in [1.82, 2.24) is 0 Å². The van der Waals surface area contributed by atoms with Gasteiger partial charge in [0.1, 0.15) is 12.2 Å². The zero-order chi connectivity index (χ0) is 18.6.